The van der Waals surface area contributed by atoms with Gasteiger partial charge in [-0.1, -0.05) is 166 Å². The predicted molar refractivity (Wildman–Crippen MR) is 219 cm³/mol. The molecule has 0 bridgehead atoms. The lowest BCUT2D eigenvalue weighted by molar-refractivity contribution is 0.319. The SMILES string of the molecule is C/C=C\C(=C1\C=CCC(C(CCC)/N=C\CC2C=CC=CC2)C1C)c1c2ccccc2c(C2=CC3C=CC(CC)=CC3C=C2)c2ccccc12. The van der Waals surface area contributed by atoms with Crippen molar-refractivity contribution in [3.63, 3.8) is 0 Å². The first kappa shape index (κ1) is 34.0. The van der Waals surface area contributed by atoms with Crippen LogP contribution in [0, 0.1) is 29.6 Å². The highest BCUT2D eigenvalue weighted by Gasteiger charge is 2.31. The normalized spacial score (nSPS) is 26.2. The number of nitrogens with zero attached hydrogens (tertiary/aromatic N) is 1. The number of hydrogen-bond donors (Lipinski definition) is 0. The molecule has 0 N–H and O–H groups in total. The van der Waals surface area contributed by atoms with Gasteiger partial charge in [-0.25, -0.2) is 0 Å². The molecule has 0 aromatic heterocycles. The fraction of sp³-hybridized carbons (Fsp3) is 0.327. The fourth-order valence-corrected chi connectivity index (χ4v) is 8.82. The highest BCUT2D eigenvalue weighted by Crippen LogP contribution is 2.46. The lowest BCUT2D eigenvalue weighted by Gasteiger charge is -2.34. The van der Waals surface area contributed by atoms with E-state index < -0.39 is 0 Å². The van der Waals surface area contributed by atoms with Gasteiger partial charge in [-0.05, 0) is 112 Å². The van der Waals surface area contributed by atoms with Gasteiger partial charge in [0.05, 0.1) is 6.04 Å². The van der Waals surface area contributed by atoms with E-state index in [1.807, 2.05) is 0 Å². The highest BCUT2D eigenvalue weighted by molar-refractivity contribution is 6.18. The summed E-state index contributed by atoms with van der Waals surface area (Å²) >= 11 is 0. The number of benzene rings is 3. The van der Waals surface area contributed by atoms with Gasteiger partial charge in [-0.15, -0.1) is 0 Å². The summed E-state index contributed by atoms with van der Waals surface area (Å²) in [5.74, 6) is 2.26. The van der Waals surface area contributed by atoms with Crippen LogP contribution in [-0.4, -0.2) is 12.3 Å². The topological polar surface area (TPSA) is 12.4 Å². The summed E-state index contributed by atoms with van der Waals surface area (Å²) in [5, 5.41) is 5.30. The van der Waals surface area contributed by atoms with Crippen LogP contribution in [0.2, 0.25) is 0 Å². The van der Waals surface area contributed by atoms with Gasteiger partial charge in [0.25, 0.3) is 0 Å². The molecule has 0 amide bonds. The standard InChI is InChI=1S/C49H53N/c1-5-16-42(40-24-15-25-41(34(40)4)47(17-6-2)50-31-30-36-18-9-8-10-19-36)49-45-22-13-11-20-43(45)48(44-21-12-14-23-46(44)49)39-29-28-37-32-35(7-3)26-27-38(37)33-39/h5,8-16,18,20-24,26-29,31-34,36-38,41,47H,6-7,17,19,25,30H2,1-4H3/b16-5-,42-40+,50-31-. The van der Waals surface area contributed by atoms with Crippen molar-refractivity contribution >= 4 is 38.9 Å². The molecule has 4 aliphatic rings. The summed E-state index contributed by atoms with van der Waals surface area (Å²) < 4.78 is 0. The Hall–Kier alpha value is -4.49. The molecule has 3 aromatic rings. The first-order chi connectivity index (χ1) is 24.6. The van der Waals surface area contributed by atoms with Crippen molar-refractivity contribution in [3.05, 3.63) is 156 Å². The molecule has 0 aliphatic heterocycles. The Morgan fingerprint density at radius 2 is 1.54 bits per heavy atom. The van der Waals surface area contributed by atoms with Gasteiger partial charge in [0.1, 0.15) is 0 Å². The van der Waals surface area contributed by atoms with Crippen LogP contribution in [0.15, 0.2) is 150 Å². The van der Waals surface area contributed by atoms with Gasteiger partial charge in [0.15, 0.2) is 0 Å². The maximum Gasteiger partial charge on any atom is 0.0532 e. The Morgan fingerprint density at radius 3 is 2.22 bits per heavy atom. The zero-order chi connectivity index (χ0) is 34.5. The van der Waals surface area contributed by atoms with Crippen LogP contribution in [0.5, 0.6) is 0 Å². The number of allylic oxidation sites excluding steroid dienone is 18. The monoisotopic (exact) mass is 655 g/mol. The summed E-state index contributed by atoms with van der Waals surface area (Å²) in [5.41, 5.74) is 8.25. The van der Waals surface area contributed by atoms with Gasteiger partial charge in [-0.3, -0.25) is 4.99 Å². The first-order valence-corrected chi connectivity index (χ1v) is 19.2. The number of aliphatic imine (C=N–C) groups is 1. The molecule has 254 valence electrons. The molecule has 4 aliphatic carbocycles. The Kier molecular flexibility index (Phi) is 10.6. The number of fused-ring (bicyclic) bond motifs is 3. The van der Waals surface area contributed by atoms with Crippen molar-refractivity contribution in [1.82, 2.24) is 0 Å². The third kappa shape index (κ3) is 6.80. The first-order valence-electron chi connectivity index (χ1n) is 19.2. The number of hydrogen-bond acceptors (Lipinski definition) is 1. The molecule has 0 saturated heterocycles. The third-order valence-corrected chi connectivity index (χ3v) is 11.5. The maximum absolute atomic E-state index is 5.32. The lowest BCUT2D eigenvalue weighted by Crippen LogP contribution is -2.28. The average Bonchev–Trinajstić information content (AvgIpc) is 3.16. The van der Waals surface area contributed by atoms with Crippen molar-refractivity contribution in [2.24, 2.45) is 34.6 Å². The summed E-state index contributed by atoms with van der Waals surface area (Å²) in [6.45, 7) is 9.18. The molecule has 6 atom stereocenters. The van der Waals surface area contributed by atoms with Crippen LogP contribution in [0.4, 0.5) is 0 Å². The van der Waals surface area contributed by atoms with Crippen LogP contribution in [-0.2, 0) is 0 Å². The Balaban J connectivity index is 1.33. The minimum atomic E-state index is 0.326. The zero-order valence-corrected chi connectivity index (χ0v) is 30.4. The van der Waals surface area contributed by atoms with E-state index in [4.69, 9.17) is 4.99 Å². The van der Waals surface area contributed by atoms with E-state index >= 15 is 0 Å². The van der Waals surface area contributed by atoms with Crippen LogP contribution in [0.3, 0.4) is 0 Å². The van der Waals surface area contributed by atoms with Gasteiger partial charge in [0, 0.05) is 11.8 Å². The summed E-state index contributed by atoms with van der Waals surface area (Å²) in [4.78, 5) is 5.32. The lowest BCUT2D eigenvalue weighted by atomic mass is 9.72. The van der Waals surface area contributed by atoms with E-state index in [1.165, 1.54) is 55.0 Å². The van der Waals surface area contributed by atoms with Gasteiger partial charge in [-0.2, -0.15) is 0 Å². The van der Waals surface area contributed by atoms with E-state index in [9.17, 15) is 0 Å². The van der Waals surface area contributed by atoms with Gasteiger partial charge in [0.2, 0.25) is 0 Å². The molecule has 3 aromatic carbocycles. The second kappa shape index (κ2) is 15.6. The molecule has 50 heavy (non-hydrogen) atoms. The summed E-state index contributed by atoms with van der Waals surface area (Å²) in [6.07, 6.45) is 41.8. The smallest absolute Gasteiger partial charge is 0.0532 e. The Labute approximate surface area is 300 Å². The van der Waals surface area contributed by atoms with Gasteiger partial charge < -0.3 is 0 Å². The molecule has 6 unspecified atom stereocenters. The molecular formula is C49H53N. The van der Waals surface area contributed by atoms with Crippen LogP contribution in [0.1, 0.15) is 77.3 Å². The van der Waals surface area contributed by atoms with Crippen LogP contribution in [0.25, 0.3) is 32.7 Å². The van der Waals surface area contributed by atoms with Crippen molar-refractivity contribution in [2.75, 3.05) is 0 Å². The van der Waals surface area contributed by atoms with Crippen molar-refractivity contribution in [1.29, 1.82) is 0 Å². The molecule has 0 spiro atoms. The van der Waals surface area contributed by atoms with E-state index in [2.05, 4.69) is 168 Å². The van der Waals surface area contributed by atoms with E-state index in [-0.39, 0.29) is 0 Å². The Morgan fingerprint density at radius 1 is 0.820 bits per heavy atom. The van der Waals surface area contributed by atoms with Crippen molar-refractivity contribution < 1.29 is 0 Å². The molecule has 1 nitrogen and oxygen atoms in total. The van der Waals surface area contributed by atoms with E-state index in [0.29, 0.717) is 35.6 Å². The molecule has 0 fully saturated rings. The largest absolute Gasteiger partial charge is 0.294 e. The quantitative estimate of drug-likeness (QED) is 0.152. The van der Waals surface area contributed by atoms with Crippen LogP contribution >= 0.6 is 0 Å². The third-order valence-electron chi connectivity index (χ3n) is 11.5. The molecule has 7 rings (SSSR count). The minimum absolute atomic E-state index is 0.326. The Bertz CT molecular complexity index is 1970. The van der Waals surface area contributed by atoms with Gasteiger partial charge >= 0.3 is 0 Å². The summed E-state index contributed by atoms with van der Waals surface area (Å²) in [6, 6.07) is 18.6. The van der Waals surface area contributed by atoms with Crippen molar-refractivity contribution in [3.8, 4) is 0 Å². The predicted octanol–water partition coefficient (Wildman–Crippen LogP) is 13.4. The highest BCUT2D eigenvalue weighted by atomic mass is 14.8. The number of rotatable bonds is 10. The molecule has 0 radical (unpaired) electrons. The zero-order valence-electron chi connectivity index (χ0n) is 30.4. The fourth-order valence-electron chi connectivity index (χ4n) is 8.82. The minimum Gasteiger partial charge on any atom is -0.294 e. The van der Waals surface area contributed by atoms with Crippen LogP contribution < -0.4 is 0 Å². The average molecular weight is 656 g/mol. The maximum atomic E-state index is 5.32. The molecule has 0 heterocycles. The summed E-state index contributed by atoms with van der Waals surface area (Å²) in [7, 11) is 0. The van der Waals surface area contributed by atoms with E-state index in [0.717, 1.165) is 38.5 Å². The molecule has 0 saturated carbocycles. The second-order valence-corrected chi connectivity index (χ2v) is 14.6. The molecule has 1 heteroatoms. The molecular weight excluding hydrogens is 603 g/mol. The van der Waals surface area contributed by atoms with Crippen molar-refractivity contribution in [2.45, 2.75) is 72.3 Å². The second-order valence-electron chi connectivity index (χ2n) is 14.6. The van der Waals surface area contributed by atoms with E-state index in [1.54, 1.807) is 0 Å².